The second-order valence-electron chi connectivity index (χ2n) is 6.70. The number of nitrogens with zero attached hydrogens (tertiary/aromatic N) is 2. The number of aryl methyl sites for hydroxylation is 1. The van der Waals surface area contributed by atoms with E-state index in [1.165, 1.54) is 5.56 Å². The zero-order chi connectivity index (χ0) is 19.3. The molecule has 5 heteroatoms. The fourth-order valence-electron chi connectivity index (χ4n) is 3.48. The lowest BCUT2D eigenvalue weighted by atomic mass is 10.0. The standard InChI is InChI=1S/C23H23N3O2/c1-2-28-20-11-9-19(10-12-20)25-22-16-18(13-14-24-22)23(27)26-15-5-7-17-6-3-4-8-21(17)26/h3-4,6,8-14,16H,2,5,7,15H2,1H3,(H,24,25). The van der Waals surface area contributed by atoms with Gasteiger partial charge in [0.05, 0.1) is 6.61 Å². The summed E-state index contributed by atoms with van der Waals surface area (Å²) in [5, 5.41) is 3.25. The van der Waals surface area contributed by atoms with Gasteiger partial charge in [-0.1, -0.05) is 18.2 Å². The topological polar surface area (TPSA) is 54.5 Å². The van der Waals surface area contributed by atoms with Gasteiger partial charge in [-0.2, -0.15) is 0 Å². The summed E-state index contributed by atoms with van der Waals surface area (Å²) < 4.78 is 5.46. The quantitative estimate of drug-likeness (QED) is 0.697. The highest BCUT2D eigenvalue weighted by atomic mass is 16.5. The fourth-order valence-corrected chi connectivity index (χ4v) is 3.48. The van der Waals surface area contributed by atoms with Gasteiger partial charge in [0.1, 0.15) is 11.6 Å². The first-order valence-corrected chi connectivity index (χ1v) is 9.60. The number of nitrogens with one attached hydrogen (secondary N) is 1. The third kappa shape index (κ3) is 3.83. The smallest absolute Gasteiger partial charge is 0.258 e. The maximum Gasteiger partial charge on any atom is 0.258 e. The van der Waals surface area contributed by atoms with Gasteiger partial charge in [0, 0.05) is 29.7 Å². The van der Waals surface area contributed by atoms with Gasteiger partial charge in [-0.05, 0) is 67.8 Å². The van der Waals surface area contributed by atoms with E-state index in [4.69, 9.17) is 4.74 Å². The highest BCUT2D eigenvalue weighted by Gasteiger charge is 2.23. The molecule has 0 saturated carbocycles. The molecule has 0 fully saturated rings. The van der Waals surface area contributed by atoms with Crippen LogP contribution in [0.1, 0.15) is 29.3 Å². The van der Waals surface area contributed by atoms with Gasteiger partial charge in [0.15, 0.2) is 0 Å². The molecule has 1 amide bonds. The zero-order valence-electron chi connectivity index (χ0n) is 15.9. The van der Waals surface area contributed by atoms with E-state index in [0.717, 1.165) is 36.5 Å². The van der Waals surface area contributed by atoms with Crippen LogP contribution >= 0.6 is 0 Å². The van der Waals surface area contributed by atoms with E-state index in [1.807, 2.05) is 54.3 Å². The predicted molar refractivity (Wildman–Crippen MR) is 112 cm³/mol. The van der Waals surface area contributed by atoms with Crippen molar-refractivity contribution in [2.24, 2.45) is 0 Å². The van der Waals surface area contributed by atoms with E-state index in [0.29, 0.717) is 18.0 Å². The average Bonchev–Trinajstić information content (AvgIpc) is 2.75. The molecule has 0 unspecified atom stereocenters. The number of hydrogen-bond acceptors (Lipinski definition) is 4. The number of hydrogen-bond donors (Lipinski definition) is 1. The van der Waals surface area contributed by atoms with Crippen molar-refractivity contribution in [2.75, 3.05) is 23.4 Å². The molecule has 0 bridgehead atoms. The first-order valence-electron chi connectivity index (χ1n) is 9.60. The van der Waals surface area contributed by atoms with Crippen molar-refractivity contribution in [1.29, 1.82) is 0 Å². The summed E-state index contributed by atoms with van der Waals surface area (Å²) in [6.07, 6.45) is 3.66. The molecule has 0 aliphatic carbocycles. The zero-order valence-corrected chi connectivity index (χ0v) is 15.9. The lowest BCUT2D eigenvalue weighted by Crippen LogP contribution is -2.35. The summed E-state index contributed by atoms with van der Waals surface area (Å²) in [4.78, 5) is 19.4. The van der Waals surface area contributed by atoms with E-state index in [2.05, 4.69) is 16.4 Å². The number of para-hydroxylation sites is 1. The largest absolute Gasteiger partial charge is 0.494 e. The molecule has 142 valence electrons. The van der Waals surface area contributed by atoms with Crippen LogP contribution in [0.5, 0.6) is 5.75 Å². The summed E-state index contributed by atoms with van der Waals surface area (Å²) in [5.74, 6) is 1.47. The SMILES string of the molecule is CCOc1ccc(Nc2cc(C(=O)N3CCCc4ccccc43)ccn2)cc1. The van der Waals surface area contributed by atoms with E-state index >= 15 is 0 Å². The fraction of sp³-hybridized carbons (Fsp3) is 0.217. The Morgan fingerprint density at radius 2 is 1.96 bits per heavy atom. The monoisotopic (exact) mass is 373 g/mol. The minimum absolute atomic E-state index is 0.00398. The second kappa shape index (κ2) is 8.13. The molecule has 1 aliphatic rings. The maximum atomic E-state index is 13.1. The van der Waals surface area contributed by atoms with E-state index in [-0.39, 0.29) is 5.91 Å². The number of anilines is 3. The Morgan fingerprint density at radius 1 is 1.14 bits per heavy atom. The average molecular weight is 373 g/mol. The molecule has 2 aromatic carbocycles. The molecule has 28 heavy (non-hydrogen) atoms. The van der Waals surface area contributed by atoms with Crippen molar-refractivity contribution in [3.63, 3.8) is 0 Å². The highest BCUT2D eigenvalue weighted by Crippen LogP contribution is 2.28. The van der Waals surface area contributed by atoms with E-state index < -0.39 is 0 Å². The van der Waals surface area contributed by atoms with Gasteiger partial charge in [-0.3, -0.25) is 4.79 Å². The van der Waals surface area contributed by atoms with Crippen molar-refractivity contribution in [2.45, 2.75) is 19.8 Å². The minimum Gasteiger partial charge on any atom is -0.494 e. The molecule has 4 rings (SSSR count). The summed E-state index contributed by atoms with van der Waals surface area (Å²) in [5.41, 5.74) is 3.75. The Hall–Kier alpha value is -3.34. The Morgan fingerprint density at radius 3 is 2.79 bits per heavy atom. The van der Waals surface area contributed by atoms with Crippen LogP contribution in [-0.2, 0) is 6.42 Å². The van der Waals surface area contributed by atoms with Gasteiger partial charge in [-0.15, -0.1) is 0 Å². The number of ether oxygens (including phenoxy) is 1. The second-order valence-corrected chi connectivity index (χ2v) is 6.70. The summed E-state index contributed by atoms with van der Waals surface area (Å²) in [7, 11) is 0. The normalized spacial score (nSPS) is 13.0. The molecule has 1 aliphatic heterocycles. The number of rotatable bonds is 5. The third-order valence-corrected chi connectivity index (χ3v) is 4.80. The van der Waals surface area contributed by atoms with E-state index in [9.17, 15) is 4.79 Å². The number of benzene rings is 2. The summed E-state index contributed by atoms with van der Waals surface area (Å²) in [6, 6.07) is 19.4. The first-order chi connectivity index (χ1) is 13.7. The van der Waals surface area contributed by atoms with Crippen molar-refractivity contribution >= 4 is 23.1 Å². The van der Waals surface area contributed by atoms with Gasteiger partial charge in [-0.25, -0.2) is 4.98 Å². The van der Waals surface area contributed by atoms with Gasteiger partial charge < -0.3 is 15.0 Å². The molecule has 1 aromatic heterocycles. The lowest BCUT2D eigenvalue weighted by Gasteiger charge is -2.29. The number of fused-ring (bicyclic) bond motifs is 1. The maximum absolute atomic E-state index is 13.1. The summed E-state index contributed by atoms with van der Waals surface area (Å²) in [6.45, 7) is 3.33. The van der Waals surface area contributed by atoms with Crippen LogP contribution in [0.4, 0.5) is 17.2 Å². The number of carbonyl (C=O) groups excluding carboxylic acids is 1. The molecule has 0 radical (unpaired) electrons. The molecule has 5 nitrogen and oxygen atoms in total. The van der Waals surface area contributed by atoms with Crippen LogP contribution in [0.15, 0.2) is 66.9 Å². The number of amides is 1. The predicted octanol–water partition coefficient (Wildman–Crippen LogP) is 4.82. The molecule has 1 N–H and O–H groups in total. The number of carbonyl (C=O) groups is 1. The Balaban J connectivity index is 1.53. The van der Waals surface area contributed by atoms with Crippen molar-refractivity contribution in [3.05, 3.63) is 78.0 Å². The Bertz CT molecular complexity index is 970. The van der Waals surface area contributed by atoms with Gasteiger partial charge >= 0.3 is 0 Å². The van der Waals surface area contributed by atoms with Crippen LogP contribution in [0.3, 0.4) is 0 Å². The lowest BCUT2D eigenvalue weighted by molar-refractivity contribution is 0.0985. The van der Waals surface area contributed by atoms with Crippen molar-refractivity contribution in [1.82, 2.24) is 4.98 Å². The number of aromatic nitrogens is 1. The molecule has 0 saturated heterocycles. The number of pyridine rings is 1. The van der Waals surface area contributed by atoms with Gasteiger partial charge in [0.25, 0.3) is 5.91 Å². The van der Waals surface area contributed by atoms with Crippen molar-refractivity contribution < 1.29 is 9.53 Å². The molecule has 2 heterocycles. The van der Waals surface area contributed by atoms with Crippen molar-refractivity contribution in [3.8, 4) is 5.75 Å². The molecule has 3 aromatic rings. The van der Waals surface area contributed by atoms with Crippen LogP contribution in [-0.4, -0.2) is 24.0 Å². The van der Waals surface area contributed by atoms with Gasteiger partial charge in [0.2, 0.25) is 0 Å². The Labute approximate surface area is 165 Å². The third-order valence-electron chi connectivity index (χ3n) is 4.80. The van der Waals surface area contributed by atoms with Crippen LogP contribution < -0.4 is 15.0 Å². The summed E-state index contributed by atoms with van der Waals surface area (Å²) >= 11 is 0. The molecule has 0 atom stereocenters. The highest BCUT2D eigenvalue weighted by molar-refractivity contribution is 6.07. The Kier molecular flexibility index (Phi) is 5.24. The minimum atomic E-state index is 0.00398. The van der Waals surface area contributed by atoms with Crippen LogP contribution in [0, 0.1) is 0 Å². The first kappa shape index (κ1) is 18.0. The molecular formula is C23H23N3O2. The molecule has 0 spiro atoms. The van der Waals surface area contributed by atoms with E-state index in [1.54, 1.807) is 18.3 Å². The van der Waals surface area contributed by atoms with Crippen LogP contribution in [0.2, 0.25) is 0 Å². The van der Waals surface area contributed by atoms with Crippen LogP contribution in [0.25, 0.3) is 0 Å². The molecular weight excluding hydrogens is 350 g/mol.